The first-order chi connectivity index (χ1) is 32.6. The highest BCUT2D eigenvalue weighted by Gasteiger charge is 2.17. The third kappa shape index (κ3) is 53.4. The number of esters is 2. The molecule has 0 rings (SSSR count). The summed E-state index contributed by atoms with van der Waals surface area (Å²) in [6.07, 6.45) is 75.7. The van der Waals surface area contributed by atoms with Gasteiger partial charge >= 0.3 is 11.9 Å². The largest absolute Gasteiger partial charge is 0.462 e. The second-order valence-electron chi connectivity index (χ2n) is 18.1. The van der Waals surface area contributed by atoms with E-state index in [1.165, 1.54) is 116 Å². The predicted molar refractivity (Wildman–Crippen MR) is 288 cm³/mol. The Bertz CT molecular complexity index is 1270. The number of rotatable bonds is 50. The molecule has 0 fully saturated rings. The van der Waals surface area contributed by atoms with E-state index in [4.69, 9.17) is 14.2 Å². The fourth-order valence-corrected chi connectivity index (χ4v) is 7.55. The molecule has 0 saturated carbocycles. The number of unbranched alkanes of at least 4 members (excludes halogenated alkanes) is 23. The Labute approximate surface area is 409 Å². The van der Waals surface area contributed by atoms with E-state index >= 15 is 0 Å². The third-order valence-corrected chi connectivity index (χ3v) is 11.6. The average Bonchev–Trinajstić information content (AvgIpc) is 3.32. The van der Waals surface area contributed by atoms with E-state index in [-0.39, 0.29) is 25.2 Å². The number of carbonyl (C=O) groups is 2. The van der Waals surface area contributed by atoms with E-state index in [0.29, 0.717) is 19.4 Å². The van der Waals surface area contributed by atoms with Gasteiger partial charge in [0.25, 0.3) is 0 Å². The van der Waals surface area contributed by atoms with Crippen LogP contribution in [0.15, 0.2) is 97.2 Å². The lowest BCUT2D eigenvalue weighted by Gasteiger charge is -2.18. The SMILES string of the molecule is CC/C=C\C/C=C\C/C=C\C/C=C\CCCCCCCOCC(COC(=O)CCCCCCCCCCCCCCCCCCC)OC(=O)CCCC/C=C\C/C=C\C/C=C\C/C=C\CC. The van der Waals surface area contributed by atoms with Gasteiger partial charge in [0, 0.05) is 19.4 Å². The second-order valence-corrected chi connectivity index (χ2v) is 18.1. The summed E-state index contributed by atoms with van der Waals surface area (Å²) in [6.45, 7) is 7.53. The Morgan fingerprint density at radius 2 is 0.682 bits per heavy atom. The zero-order valence-electron chi connectivity index (χ0n) is 43.4. The first-order valence-corrected chi connectivity index (χ1v) is 27.8. The highest BCUT2D eigenvalue weighted by atomic mass is 16.6. The Morgan fingerprint density at radius 1 is 0.348 bits per heavy atom. The summed E-state index contributed by atoms with van der Waals surface area (Å²) in [7, 11) is 0. The van der Waals surface area contributed by atoms with Gasteiger partial charge in [-0.05, 0) is 96.3 Å². The van der Waals surface area contributed by atoms with E-state index in [0.717, 1.165) is 103 Å². The van der Waals surface area contributed by atoms with Crippen molar-refractivity contribution in [3.63, 3.8) is 0 Å². The van der Waals surface area contributed by atoms with Gasteiger partial charge in [-0.25, -0.2) is 0 Å². The Balaban J connectivity index is 4.36. The minimum absolute atomic E-state index is 0.0583. The lowest BCUT2D eigenvalue weighted by molar-refractivity contribution is -0.163. The number of carbonyl (C=O) groups excluding carboxylic acids is 2. The molecule has 0 bridgehead atoms. The molecule has 0 aliphatic carbocycles. The highest BCUT2D eigenvalue weighted by Crippen LogP contribution is 2.15. The maximum atomic E-state index is 12.8. The van der Waals surface area contributed by atoms with Gasteiger partial charge in [0.1, 0.15) is 6.61 Å². The van der Waals surface area contributed by atoms with Crippen molar-refractivity contribution in [2.24, 2.45) is 0 Å². The number of hydrogen-bond donors (Lipinski definition) is 0. The predicted octanol–water partition coefficient (Wildman–Crippen LogP) is 19.0. The van der Waals surface area contributed by atoms with Crippen molar-refractivity contribution in [3.05, 3.63) is 97.2 Å². The van der Waals surface area contributed by atoms with Gasteiger partial charge in [-0.15, -0.1) is 0 Å². The van der Waals surface area contributed by atoms with Crippen LogP contribution in [0, 0.1) is 0 Å². The molecule has 0 heterocycles. The number of allylic oxidation sites excluding steroid dienone is 16. The lowest BCUT2D eigenvalue weighted by atomic mass is 10.0. The van der Waals surface area contributed by atoms with Crippen molar-refractivity contribution < 1.29 is 23.8 Å². The monoisotopic (exact) mass is 917 g/mol. The van der Waals surface area contributed by atoms with Gasteiger partial charge in [-0.1, -0.05) is 240 Å². The van der Waals surface area contributed by atoms with Crippen LogP contribution >= 0.6 is 0 Å². The maximum absolute atomic E-state index is 12.8. The molecule has 66 heavy (non-hydrogen) atoms. The lowest BCUT2D eigenvalue weighted by Crippen LogP contribution is -2.30. The van der Waals surface area contributed by atoms with Crippen molar-refractivity contribution >= 4 is 11.9 Å². The summed E-state index contributed by atoms with van der Waals surface area (Å²) in [5.74, 6) is -0.452. The number of hydrogen-bond acceptors (Lipinski definition) is 5. The summed E-state index contributed by atoms with van der Waals surface area (Å²) in [5.41, 5.74) is 0. The molecular formula is C61H104O5. The normalized spacial score (nSPS) is 13.0. The fraction of sp³-hybridized carbons (Fsp3) is 0.705. The van der Waals surface area contributed by atoms with Gasteiger partial charge in [0.2, 0.25) is 0 Å². The Kier molecular flexibility index (Phi) is 53.4. The van der Waals surface area contributed by atoms with Crippen LogP contribution in [0.3, 0.4) is 0 Å². The summed E-state index contributed by atoms with van der Waals surface area (Å²) in [4.78, 5) is 25.5. The van der Waals surface area contributed by atoms with Gasteiger partial charge in [-0.3, -0.25) is 9.59 Å². The molecule has 0 amide bonds. The van der Waals surface area contributed by atoms with E-state index in [2.05, 4.69) is 118 Å². The summed E-state index contributed by atoms with van der Waals surface area (Å²) in [6, 6.07) is 0. The summed E-state index contributed by atoms with van der Waals surface area (Å²) >= 11 is 0. The minimum atomic E-state index is -0.572. The zero-order valence-corrected chi connectivity index (χ0v) is 43.4. The molecule has 378 valence electrons. The molecule has 0 aliphatic rings. The molecule has 1 atom stereocenters. The van der Waals surface area contributed by atoms with Crippen LogP contribution in [-0.2, 0) is 23.8 Å². The molecule has 0 radical (unpaired) electrons. The first-order valence-electron chi connectivity index (χ1n) is 27.8. The molecule has 0 aromatic rings. The molecule has 5 heteroatoms. The quantitative estimate of drug-likeness (QED) is 0.0346. The second kappa shape index (κ2) is 56.1. The van der Waals surface area contributed by atoms with Crippen LogP contribution in [0.1, 0.15) is 252 Å². The standard InChI is InChI=1S/C61H104O5/c1-4-7-10-13-16-19-22-25-28-30-32-35-38-41-44-47-50-53-56-64-57-59(66-61(63)55-52-49-46-43-40-37-33-27-24-21-18-15-12-9-6-3)58-65-60(62)54-51-48-45-42-39-36-34-31-29-26-23-20-17-14-11-8-5-2/h7,9-10,12,16,18-19,21,25,27-28,32-33,35,40,43,59H,4-6,8,11,13-15,17,20,22-24,26,29-31,34,36-39,41-42,44-58H2,1-3H3/b10-7-,12-9-,19-16-,21-18-,28-25-,33-27-,35-32-,43-40-. The van der Waals surface area contributed by atoms with Crippen LogP contribution < -0.4 is 0 Å². The first kappa shape index (κ1) is 62.8. The topological polar surface area (TPSA) is 61.8 Å². The smallest absolute Gasteiger partial charge is 0.306 e. The Morgan fingerprint density at radius 3 is 1.12 bits per heavy atom. The van der Waals surface area contributed by atoms with E-state index in [1.807, 2.05) is 0 Å². The fourth-order valence-electron chi connectivity index (χ4n) is 7.55. The van der Waals surface area contributed by atoms with Crippen LogP contribution in [0.2, 0.25) is 0 Å². The zero-order chi connectivity index (χ0) is 47.7. The van der Waals surface area contributed by atoms with Gasteiger partial charge in [-0.2, -0.15) is 0 Å². The van der Waals surface area contributed by atoms with Crippen LogP contribution in [0.25, 0.3) is 0 Å². The number of ether oxygens (including phenoxy) is 3. The van der Waals surface area contributed by atoms with E-state index in [1.54, 1.807) is 0 Å². The van der Waals surface area contributed by atoms with Crippen molar-refractivity contribution in [2.45, 2.75) is 258 Å². The van der Waals surface area contributed by atoms with Gasteiger partial charge in [0.15, 0.2) is 6.10 Å². The molecule has 0 spiro atoms. The molecule has 0 aromatic heterocycles. The van der Waals surface area contributed by atoms with Crippen LogP contribution in [0.4, 0.5) is 0 Å². The molecule has 0 N–H and O–H groups in total. The molecular weight excluding hydrogens is 813 g/mol. The van der Waals surface area contributed by atoms with Crippen molar-refractivity contribution in [2.75, 3.05) is 19.8 Å². The van der Waals surface area contributed by atoms with Crippen molar-refractivity contribution in [1.82, 2.24) is 0 Å². The van der Waals surface area contributed by atoms with E-state index in [9.17, 15) is 9.59 Å². The van der Waals surface area contributed by atoms with Crippen molar-refractivity contribution in [1.29, 1.82) is 0 Å². The van der Waals surface area contributed by atoms with Crippen LogP contribution in [0.5, 0.6) is 0 Å². The average molecular weight is 917 g/mol. The highest BCUT2D eigenvalue weighted by molar-refractivity contribution is 5.70. The molecule has 0 saturated heterocycles. The summed E-state index contributed by atoms with van der Waals surface area (Å²) < 4.78 is 17.4. The van der Waals surface area contributed by atoms with Gasteiger partial charge < -0.3 is 14.2 Å². The minimum Gasteiger partial charge on any atom is -0.462 e. The third-order valence-electron chi connectivity index (χ3n) is 11.6. The maximum Gasteiger partial charge on any atom is 0.306 e. The summed E-state index contributed by atoms with van der Waals surface area (Å²) in [5, 5.41) is 0. The molecule has 0 aliphatic heterocycles. The Hall–Kier alpha value is -3.18. The molecule has 1 unspecified atom stereocenters. The molecule has 5 nitrogen and oxygen atoms in total. The molecule has 0 aromatic carbocycles. The van der Waals surface area contributed by atoms with Crippen molar-refractivity contribution in [3.8, 4) is 0 Å². The van der Waals surface area contributed by atoms with E-state index < -0.39 is 6.10 Å². The van der Waals surface area contributed by atoms with Crippen LogP contribution in [-0.4, -0.2) is 37.9 Å². The van der Waals surface area contributed by atoms with Gasteiger partial charge in [0.05, 0.1) is 6.61 Å².